The van der Waals surface area contributed by atoms with Crippen LogP contribution in [0, 0.1) is 0 Å². The van der Waals surface area contributed by atoms with E-state index >= 15 is 0 Å². The van der Waals surface area contributed by atoms with E-state index in [1.165, 1.54) is 18.4 Å². The third kappa shape index (κ3) is 3.50. The molecule has 0 aromatic heterocycles. The van der Waals surface area contributed by atoms with Crippen LogP contribution in [0.15, 0.2) is 47.5 Å². The highest BCUT2D eigenvalue weighted by Crippen LogP contribution is 2.42. The second-order valence-corrected chi connectivity index (χ2v) is 7.59. The molecule has 4 nitrogen and oxygen atoms in total. The fraction of sp³-hybridized carbons (Fsp3) is 0.364. The minimum absolute atomic E-state index is 0.170. The zero-order valence-electron chi connectivity index (χ0n) is 16.1. The Balaban J connectivity index is 1.82. The fourth-order valence-corrected chi connectivity index (χ4v) is 3.63. The molecule has 0 saturated carbocycles. The van der Waals surface area contributed by atoms with Crippen LogP contribution in [0.3, 0.4) is 0 Å². The van der Waals surface area contributed by atoms with Gasteiger partial charge in [0.05, 0.1) is 18.4 Å². The van der Waals surface area contributed by atoms with Crippen molar-refractivity contribution in [1.29, 1.82) is 0 Å². The first-order valence-corrected chi connectivity index (χ1v) is 8.92. The number of hydrogen-bond acceptors (Lipinski definition) is 4. The van der Waals surface area contributed by atoms with Crippen molar-refractivity contribution in [3.05, 3.63) is 59.2 Å². The maximum Gasteiger partial charge on any atom is 0.337 e. The SMILES string of the molecule is COC(=O)c1ccc(N=Cc2ccc3c(c2)C(C)CC(C)(C)N3C)cc1. The Hall–Kier alpha value is -2.62. The van der Waals surface area contributed by atoms with Gasteiger partial charge in [-0.2, -0.15) is 0 Å². The van der Waals surface area contributed by atoms with Crippen LogP contribution in [0.2, 0.25) is 0 Å². The van der Waals surface area contributed by atoms with Gasteiger partial charge >= 0.3 is 5.97 Å². The van der Waals surface area contributed by atoms with E-state index < -0.39 is 0 Å². The number of carbonyl (C=O) groups is 1. The molecule has 136 valence electrons. The number of carbonyl (C=O) groups excluding carboxylic acids is 1. The molecule has 1 heterocycles. The largest absolute Gasteiger partial charge is 0.465 e. The van der Waals surface area contributed by atoms with Gasteiger partial charge in [-0.3, -0.25) is 4.99 Å². The third-order valence-electron chi connectivity index (χ3n) is 5.31. The van der Waals surface area contributed by atoms with E-state index in [0.717, 1.165) is 17.7 Å². The van der Waals surface area contributed by atoms with Crippen LogP contribution in [0.5, 0.6) is 0 Å². The fourth-order valence-electron chi connectivity index (χ4n) is 3.63. The second-order valence-electron chi connectivity index (χ2n) is 7.59. The molecule has 0 amide bonds. The van der Waals surface area contributed by atoms with Crippen molar-refractivity contribution in [2.45, 2.75) is 38.6 Å². The van der Waals surface area contributed by atoms with E-state index in [2.05, 4.69) is 55.9 Å². The summed E-state index contributed by atoms with van der Waals surface area (Å²) in [7, 11) is 3.55. The van der Waals surface area contributed by atoms with E-state index in [-0.39, 0.29) is 11.5 Å². The summed E-state index contributed by atoms with van der Waals surface area (Å²) < 4.78 is 4.71. The van der Waals surface area contributed by atoms with Gasteiger partial charge in [0.25, 0.3) is 0 Å². The lowest BCUT2D eigenvalue weighted by Gasteiger charge is -2.45. The monoisotopic (exact) mass is 350 g/mol. The highest BCUT2D eigenvalue weighted by atomic mass is 16.5. The van der Waals surface area contributed by atoms with Gasteiger partial charge in [0.2, 0.25) is 0 Å². The summed E-state index contributed by atoms with van der Waals surface area (Å²) in [6.07, 6.45) is 3.01. The van der Waals surface area contributed by atoms with Gasteiger partial charge in [0.1, 0.15) is 0 Å². The van der Waals surface area contributed by atoms with Crippen molar-refractivity contribution in [2.24, 2.45) is 4.99 Å². The van der Waals surface area contributed by atoms with Gasteiger partial charge in [0, 0.05) is 24.5 Å². The number of nitrogens with zero attached hydrogens (tertiary/aromatic N) is 2. The molecule has 3 rings (SSSR count). The minimum Gasteiger partial charge on any atom is -0.465 e. The van der Waals surface area contributed by atoms with E-state index in [0.29, 0.717) is 11.5 Å². The van der Waals surface area contributed by atoms with Crippen LogP contribution in [0.1, 0.15) is 54.6 Å². The molecular weight excluding hydrogens is 324 g/mol. The molecule has 0 bridgehead atoms. The highest BCUT2D eigenvalue weighted by molar-refractivity contribution is 5.90. The van der Waals surface area contributed by atoms with Gasteiger partial charge in [-0.25, -0.2) is 4.79 Å². The molecule has 4 heteroatoms. The average Bonchev–Trinajstić information content (AvgIpc) is 2.64. The van der Waals surface area contributed by atoms with Crippen LogP contribution in [0.25, 0.3) is 0 Å². The molecule has 1 aliphatic heterocycles. The van der Waals surface area contributed by atoms with Gasteiger partial charge in [0.15, 0.2) is 0 Å². The summed E-state index contributed by atoms with van der Waals surface area (Å²) in [5.41, 5.74) is 5.26. The summed E-state index contributed by atoms with van der Waals surface area (Å²) in [4.78, 5) is 18.4. The van der Waals surface area contributed by atoms with Crippen molar-refractivity contribution in [2.75, 3.05) is 19.1 Å². The van der Waals surface area contributed by atoms with E-state index in [4.69, 9.17) is 4.74 Å². The Bertz CT molecular complexity index is 838. The van der Waals surface area contributed by atoms with Gasteiger partial charge in [-0.05, 0) is 73.7 Å². The molecule has 1 aliphatic rings. The molecule has 2 aromatic carbocycles. The average molecular weight is 350 g/mol. The predicted molar refractivity (Wildman–Crippen MR) is 107 cm³/mol. The Morgan fingerprint density at radius 1 is 1.23 bits per heavy atom. The van der Waals surface area contributed by atoms with Crippen LogP contribution in [0.4, 0.5) is 11.4 Å². The first kappa shape index (κ1) is 18.2. The number of benzene rings is 2. The molecule has 1 atom stereocenters. The number of ether oxygens (including phenoxy) is 1. The zero-order chi connectivity index (χ0) is 18.9. The molecule has 26 heavy (non-hydrogen) atoms. The maximum absolute atomic E-state index is 11.5. The molecule has 1 unspecified atom stereocenters. The third-order valence-corrected chi connectivity index (χ3v) is 5.31. The summed E-state index contributed by atoms with van der Waals surface area (Å²) in [6, 6.07) is 13.6. The van der Waals surface area contributed by atoms with E-state index in [1.807, 2.05) is 18.3 Å². The molecule has 0 saturated heterocycles. The first-order valence-electron chi connectivity index (χ1n) is 8.92. The molecule has 0 aliphatic carbocycles. The molecule has 0 N–H and O–H groups in total. The van der Waals surface area contributed by atoms with Crippen LogP contribution < -0.4 is 4.90 Å². The molecule has 0 spiro atoms. The molecule has 2 aromatic rings. The minimum atomic E-state index is -0.337. The number of anilines is 1. The topological polar surface area (TPSA) is 41.9 Å². The number of aliphatic imine (C=N–C) groups is 1. The normalized spacial score (nSPS) is 18.7. The van der Waals surface area contributed by atoms with E-state index in [1.54, 1.807) is 12.1 Å². The summed E-state index contributed by atoms with van der Waals surface area (Å²) in [6.45, 7) is 6.87. The Morgan fingerprint density at radius 2 is 1.92 bits per heavy atom. The van der Waals surface area contributed by atoms with Gasteiger partial charge in [-0.1, -0.05) is 13.0 Å². The summed E-state index contributed by atoms with van der Waals surface area (Å²) >= 11 is 0. The molecular formula is C22H26N2O2. The smallest absolute Gasteiger partial charge is 0.337 e. The van der Waals surface area contributed by atoms with Crippen molar-refractivity contribution in [3.63, 3.8) is 0 Å². The van der Waals surface area contributed by atoms with Gasteiger partial charge < -0.3 is 9.64 Å². The molecule has 0 radical (unpaired) electrons. The Labute approximate surface area is 155 Å². The number of fused-ring (bicyclic) bond motifs is 1. The molecule has 0 fully saturated rings. The maximum atomic E-state index is 11.5. The highest BCUT2D eigenvalue weighted by Gasteiger charge is 2.33. The van der Waals surface area contributed by atoms with Crippen LogP contribution in [-0.2, 0) is 4.74 Å². The van der Waals surface area contributed by atoms with Gasteiger partial charge in [-0.15, -0.1) is 0 Å². The second kappa shape index (κ2) is 6.94. The lowest BCUT2D eigenvalue weighted by Crippen LogP contribution is -2.45. The first-order chi connectivity index (χ1) is 12.3. The van der Waals surface area contributed by atoms with Crippen molar-refractivity contribution < 1.29 is 9.53 Å². The van der Waals surface area contributed by atoms with E-state index in [9.17, 15) is 4.79 Å². The number of hydrogen-bond donors (Lipinski definition) is 0. The zero-order valence-corrected chi connectivity index (χ0v) is 16.1. The number of esters is 1. The lowest BCUT2D eigenvalue weighted by molar-refractivity contribution is 0.0601. The Morgan fingerprint density at radius 3 is 2.58 bits per heavy atom. The number of rotatable bonds is 3. The summed E-state index contributed by atoms with van der Waals surface area (Å²) in [5.74, 6) is 0.181. The lowest BCUT2D eigenvalue weighted by atomic mass is 9.80. The quantitative estimate of drug-likeness (QED) is 0.581. The van der Waals surface area contributed by atoms with Crippen LogP contribution >= 0.6 is 0 Å². The predicted octanol–water partition coefficient (Wildman–Crippen LogP) is 4.95. The Kier molecular flexibility index (Phi) is 4.86. The number of methoxy groups -OCH3 is 1. The summed E-state index contributed by atoms with van der Waals surface area (Å²) in [5, 5.41) is 0. The van der Waals surface area contributed by atoms with Crippen LogP contribution in [-0.4, -0.2) is 31.9 Å². The van der Waals surface area contributed by atoms with Crippen molar-refractivity contribution in [1.82, 2.24) is 0 Å². The standard InChI is InChI=1S/C22H26N2O2/c1-15-13-22(2,3)24(4)20-11-6-16(12-19(15)20)14-23-18-9-7-17(8-10-18)21(25)26-5/h6-12,14-15H,13H2,1-5H3. The van der Waals surface area contributed by atoms with Crippen molar-refractivity contribution >= 4 is 23.6 Å². The van der Waals surface area contributed by atoms with Crippen molar-refractivity contribution in [3.8, 4) is 0 Å².